The third-order valence-electron chi connectivity index (χ3n) is 6.47. The van der Waals surface area contributed by atoms with Crippen molar-refractivity contribution in [2.24, 2.45) is 0 Å². The van der Waals surface area contributed by atoms with Crippen LogP contribution in [-0.4, -0.2) is 30.9 Å². The molecule has 0 saturated heterocycles. The van der Waals surface area contributed by atoms with E-state index in [9.17, 15) is 9.59 Å². The van der Waals surface area contributed by atoms with Gasteiger partial charge in [-0.25, -0.2) is 4.98 Å². The van der Waals surface area contributed by atoms with Crippen LogP contribution in [0.2, 0.25) is 0 Å². The van der Waals surface area contributed by atoms with Gasteiger partial charge in [-0.3, -0.25) is 9.59 Å². The number of ether oxygens (including phenoxy) is 2. The van der Waals surface area contributed by atoms with Crippen LogP contribution in [-0.2, 0) is 0 Å². The lowest BCUT2D eigenvalue weighted by Crippen LogP contribution is -2.11. The van der Waals surface area contributed by atoms with Gasteiger partial charge in [-0.2, -0.15) is 0 Å². The Labute approximate surface area is 216 Å². The lowest BCUT2D eigenvalue weighted by molar-refractivity contribution is 0.102. The second-order valence-electron chi connectivity index (χ2n) is 8.52. The number of nitrogens with two attached hydrogens (primary N) is 1. The molecule has 0 radical (unpaired) electrons. The maximum Gasteiger partial charge on any atom is 0.267 e. The maximum atomic E-state index is 13.3. The maximum absolute atomic E-state index is 13.3. The monoisotopic (exact) mass is 507 g/mol. The fourth-order valence-corrected chi connectivity index (χ4v) is 5.68. The summed E-state index contributed by atoms with van der Waals surface area (Å²) in [5.74, 6) is 0.906. The highest BCUT2D eigenvalue weighted by Crippen LogP contribution is 2.49. The summed E-state index contributed by atoms with van der Waals surface area (Å²) in [5.41, 5.74) is 11.7. The zero-order chi connectivity index (χ0) is 25.7. The summed E-state index contributed by atoms with van der Waals surface area (Å²) in [6, 6.07) is 22.1. The molecule has 8 heteroatoms. The van der Waals surface area contributed by atoms with E-state index in [2.05, 4.69) is 5.32 Å². The van der Waals surface area contributed by atoms with Crippen LogP contribution in [0.1, 0.15) is 25.7 Å². The standard InChI is InChI=1S/C29H21N3O4S/c1-35-17-11-7-15(8-12-17)21-22-19-5-3-4-6-20(19)26(33)25(22)32-29-23(21)24(30)27(37-29)28(34)31-16-9-13-18(36-2)14-10-16/h3-14H,30H2,1-2H3,(H,31,34). The topological polar surface area (TPSA) is 104 Å². The molecule has 182 valence electrons. The number of aromatic nitrogens is 1. The molecule has 7 nitrogen and oxygen atoms in total. The number of carbonyl (C=O) groups is 2. The number of hydrogen-bond donors (Lipinski definition) is 2. The van der Waals surface area contributed by atoms with Crippen LogP contribution < -0.4 is 20.5 Å². The molecule has 3 aromatic carbocycles. The largest absolute Gasteiger partial charge is 0.497 e. The average molecular weight is 508 g/mol. The fourth-order valence-electron chi connectivity index (χ4n) is 4.68. The molecule has 6 rings (SSSR count). The Bertz CT molecular complexity index is 1710. The number of ketones is 1. The van der Waals surface area contributed by atoms with E-state index in [1.807, 2.05) is 48.5 Å². The molecular formula is C29H21N3O4S. The number of amides is 1. The van der Waals surface area contributed by atoms with Crippen molar-refractivity contribution in [1.29, 1.82) is 0 Å². The molecule has 0 fully saturated rings. The van der Waals surface area contributed by atoms with Gasteiger partial charge in [0.2, 0.25) is 5.78 Å². The lowest BCUT2D eigenvalue weighted by Gasteiger charge is -2.12. The molecule has 0 unspecified atom stereocenters. The number of pyridine rings is 1. The van der Waals surface area contributed by atoms with E-state index in [0.29, 0.717) is 49.2 Å². The zero-order valence-corrected chi connectivity index (χ0v) is 20.8. The third-order valence-corrected chi connectivity index (χ3v) is 7.56. The first kappa shape index (κ1) is 22.8. The third kappa shape index (κ3) is 3.61. The van der Waals surface area contributed by atoms with Gasteiger partial charge in [-0.1, -0.05) is 36.4 Å². The molecule has 0 saturated carbocycles. The van der Waals surface area contributed by atoms with Gasteiger partial charge in [-0.15, -0.1) is 11.3 Å². The van der Waals surface area contributed by atoms with Crippen molar-refractivity contribution in [1.82, 2.24) is 4.98 Å². The molecule has 3 N–H and O–H groups in total. The van der Waals surface area contributed by atoms with Crippen molar-refractivity contribution in [3.05, 3.63) is 88.9 Å². The summed E-state index contributed by atoms with van der Waals surface area (Å²) in [6.45, 7) is 0. The molecule has 2 aromatic heterocycles. The van der Waals surface area contributed by atoms with Gasteiger partial charge in [-0.05, 0) is 47.5 Å². The van der Waals surface area contributed by atoms with E-state index in [-0.39, 0.29) is 11.7 Å². The highest BCUT2D eigenvalue weighted by Gasteiger charge is 2.34. The average Bonchev–Trinajstić information content (AvgIpc) is 3.42. The molecular weight excluding hydrogens is 486 g/mol. The van der Waals surface area contributed by atoms with Crippen molar-refractivity contribution in [2.45, 2.75) is 0 Å². The number of fused-ring (bicyclic) bond motifs is 4. The summed E-state index contributed by atoms with van der Waals surface area (Å²) in [5, 5.41) is 3.54. The summed E-state index contributed by atoms with van der Waals surface area (Å²) in [4.78, 5) is 32.2. The number of benzene rings is 3. The number of anilines is 2. The summed E-state index contributed by atoms with van der Waals surface area (Å²) in [7, 11) is 3.19. The van der Waals surface area contributed by atoms with Gasteiger partial charge < -0.3 is 20.5 Å². The number of methoxy groups -OCH3 is 2. The number of hydrogen-bond acceptors (Lipinski definition) is 7. The minimum absolute atomic E-state index is 0.140. The van der Waals surface area contributed by atoms with Gasteiger partial charge in [0, 0.05) is 27.8 Å². The Hall–Kier alpha value is -4.69. The Morgan fingerprint density at radius 2 is 1.49 bits per heavy atom. The fraction of sp³-hybridized carbons (Fsp3) is 0.0690. The molecule has 0 aliphatic heterocycles. The first-order valence-electron chi connectivity index (χ1n) is 11.5. The van der Waals surface area contributed by atoms with Crippen LogP contribution in [0.3, 0.4) is 0 Å². The number of carbonyl (C=O) groups excluding carboxylic acids is 2. The molecule has 0 bridgehead atoms. The number of rotatable bonds is 5. The van der Waals surface area contributed by atoms with Crippen LogP contribution in [0.15, 0.2) is 72.8 Å². The first-order valence-corrected chi connectivity index (χ1v) is 12.3. The van der Waals surface area contributed by atoms with Crippen molar-refractivity contribution in [3.8, 4) is 33.8 Å². The van der Waals surface area contributed by atoms with Crippen molar-refractivity contribution >= 4 is 44.6 Å². The van der Waals surface area contributed by atoms with Gasteiger partial charge >= 0.3 is 0 Å². The van der Waals surface area contributed by atoms with E-state index < -0.39 is 0 Å². The Kier molecular flexibility index (Phi) is 5.39. The summed E-state index contributed by atoms with van der Waals surface area (Å²) in [6.07, 6.45) is 0. The number of nitrogen functional groups attached to an aromatic ring is 1. The molecule has 37 heavy (non-hydrogen) atoms. The minimum atomic E-state index is -0.349. The van der Waals surface area contributed by atoms with E-state index >= 15 is 0 Å². The van der Waals surface area contributed by atoms with E-state index in [1.165, 1.54) is 11.3 Å². The predicted octanol–water partition coefficient (Wildman–Crippen LogP) is 6.03. The summed E-state index contributed by atoms with van der Waals surface area (Å²) >= 11 is 1.17. The predicted molar refractivity (Wildman–Crippen MR) is 146 cm³/mol. The molecule has 0 atom stereocenters. The van der Waals surface area contributed by atoms with Gasteiger partial charge in [0.15, 0.2) is 0 Å². The van der Waals surface area contributed by atoms with Crippen LogP contribution in [0.25, 0.3) is 32.5 Å². The molecule has 1 aliphatic rings. The normalized spacial score (nSPS) is 11.8. The van der Waals surface area contributed by atoms with E-state index in [0.717, 1.165) is 22.3 Å². The molecule has 1 aliphatic carbocycles. The van der Waals surface area contributed by atoms with Crippen LogP contribution in [0.5, 0.6) is 11.5 Å². The SMILES string of the molecule is COc1ccc(NC(=O)c2sc3nc4c(c(-c5ccc(OC)cc5)c3c2N)-c2ccccc2C4=O)cc1. The first-order chi connectivity index (χ1) is 18.0. The smallest absolute Gasteiger partial charge is 0.267 e. The van der Waals surface area contributed by atoms with Crippen LogP contribution in [0.4, 0.5) is 11.4 Å². The summed E-state index contributed by atoms with van der Waals surface area (Å²) < 4.78 is 10.5. The lowest BCUT2D eigenvalue weighted by atomic mass is 9.93. The van der Waals surface area contributed by atoms with Crippen LogP contribution >= 0.6 is 11.3 Å². The highest BCUT2D eigenvalue weighted by atomic mass is 32.1. The zero-order valence-electron chi connectivity index (χ0n) is 20.0. The number of nitrogens with zero attached hydrogens (tertiary/aromatic N) is 1. The van der Waals surface area contributed by atoms with E-state index in [4.69, 9.17) is 20.2 Å². The van der Waals surface area contributed by atoms with Gasteiger partial charge in [0.1, 0.15) is 26.9 Å². The van der Waals surface area contributed by atoms with Crippen LogP contribution in [0, 0.1) is 0 Å². The Balaban J connectivity index is 1.56. The molecule has 1 amide bonds. The number of thiophene rings is 1. The quantitative estimate of drug-likeness (QED) is 0.295. The molecule has 5 aromatic rings. The number of nitrogens with one attached hydrogen (secondary N) is 1. The van der Waals surface area contributed by atoms with Crippen molar-refractivity contribution in [3.63, 3.8) is 0 Å². The Morgan fingerprint density at radius 3 is 2.14 bits per heavy atom. The molecule has 2 heterocycles. The van der Waals surface area contributed by atoms with E-state index in [1.54, 1.807) is 38.5 Å². The van der Waals surface area contributed by atoms with Crippen molar-refractivity contribution in [2.75, 3.05) is 25.3 Å². The second kappa shape index (κ2) is 8.76. The minimum Gasteiger partial charge on any atom is -0.497 e. The van der Waals surface area contributed by atoms with Gasteiger partial charge in [0.25, 0.3) is 5.91 Å². The Morgan fingerprint density at radius 1 is 0.865 bits per heavy atom. The van der Waals surface area contributed by atoms with Gasteiger partial charge in [0.05, 0.1) is 19.9 Å². The molecule has 0 spiro atoms. The second-order valence-corrected chi connectivity index (χ2v) is 9.52. The van der Waals surface area contributed by atoms with Crippen molar-refractivity contribution < 1.29 is 19.1 Å². The highest BCUT2D eigenvalue weighted by molar-refractivity contribution is 7.21.